The van der Waals surface area contributed by atoms with Gasteiger partial charge in [-0.2, -0.15) is 0 Å². The van der Waals surface area contributed by atoms with Gasteiger partial charge in [0.25, 0.3) is 5.56 Å². The van der Waals surface area contributed by atoms with E-state index in [9.17, 15) is 4.79 Å². The van der Waals surface area contributed by atoms with Gasteiger partial charge in [0, 0.05) is 17.3 Å². The maximum Gasteiger partial charge on any atom is 0.272 e. The Morgan fingerprint density at radius 3 is 2.57 bits per heavy atom. The number of aryl methyl sites for hydroxylation is 1. The Hall–Kier alpha value is -2.96. The average Bonchev–Trinajstić information content (AvgIpc) is 3.15. The second kappa shape index (κ2) is 8.05. The maximum atomic E-state index is 13.5. The first-order valence-electron chi connectivity index (χ1n) is 9.69. The van der Waals surface area contributed by atoms with Crippen LogP contribution in [0.1, 0.15) is 16.7 Å². The Morgan fingerprint density at radius 1 is 0.967 bits per heavy atom. The highest BCUT2D eigenvalue weighted by atomic mass is 32.2. The summed E-state index contributed by atoms with van der Waals surface area (Å²) in [6.45, 7) is 2.57. The van der Waals surface area contributed by atoms with E-state index in [-0.39, 0.29) is 5.56 Å². The number of rotatable bonds is 5. The molecule has 0 saturated carbocycles. The molecule has 0 saturated heterocycles. The zero-order valence-corrected chi connectivity index (χ0v) is 18.0. The quantitative estimate of drug-likeness (QED) is 0.267. The lowest BCUT2D eigenvalue weighted by molar-refractivity contribution is 0.659. The Morgan fingerprint density at radius 2 is 1.77 bits per heavy atom. The molecule has 0 fully saturated rings. The van der Waals surface area contributed by atoms with Crippen LogP contribution in [-0.2, 0) is 12.3 Å². The van der Waals surface area contributed by atoms with Crippen LogP contribution in [0.15, 0.2) is 82.9 Å². The summed E-state index contributed by atoms with van der Waals surface area (Å²) in [5, 5.41) is 1.68. The highest BCUT2D eigenvalue weighted by molar-refractivity contribution is 7.98. The van der Waals surface area contributed by atoms with Gasteiger partial charge in [0.2, 0.25) is 0 Å². The highest BCUT2D eigenvalue weighted by Crippen LogP contribution is 2.31. The molecule has 3 heterocycles. The molecule has 0 N–H and O–H groups in total. The van der Waals surface area contributed by atoms with Gasteiger partial charge < -0.3 is 0 Å². The van der Waals surface area contributed by atoms with Crippen LogP contribution >= 0.6 is 23.1 Å². The summed E-state index contributed by atoms with van der Waals surface area (Å²) in [6.07, 6.45) is 1.76. The van der Waals surface area contributed by atoms with Gasteiger partial charge in [-0.05, 0) is 30.2 Å². The van der Waals surface area contributed by atoms with Crippen LogP contribution in [-0.4, -0.2) is 14.5 Å². The number of benzene rings is 2. The number of thioether (sulfide) groups is 1. The molecule has 148 valence electrons. The van der Waals surface area contributed by atoms with Crippen LogP contribution < -0.4 is 5.56 Å². The van der Waals surface area contributed by atoms with Crippen molar-refractivity contribution in [2.24, 2.45) is 0 Å². The van der Waals surface area contributed by atoms with E-state index in [1.165, 1.54) is 22.5 Å². The van der Waals surface area contributed by atoms with Crippen molar-refractivity contribution < 1.29 is 0 Å². The third-order valence-corrected chi connectivity index (χ3v) is 7.13. The lowest BCUT2D eigenvalue weighted by Crippen LogP contribution is -2.23. The fraction of sp³-hybridized carbons (Fsp3) is 0.125. The van der Waals surface area contributed by atoms with E-state index in [2.05, 4.69) is 48.3 Å². The molecule has 6 heteroatoms. The molecule has 0 radical (unpaired) electrons. The van der Waals surface area contributed by atoms with Gasteiger partial charge in [0.15, 0.2) is 5.16 Å². The van der Waals surface area contributed by atoms with Gasteiger partial charge in [-0.3, -0.25) is 9.36 Å². The van der Waals surface area contributed by atoms with Crippen LogP contribution in [0.5, 0.6) is 0 Å². The van der Waals surface area contributed by atoms with Crippen molar-refractivity contribution in [1.29, 1.82) is 0 Å². The van der Waals surface area contributed by atoms with Crippen molar-refractivity contribution in [3.05, 3.63) is 100.0 Å². The molecule has 0 aliphatic heterocycles. The van der Waals surface area contributed by atoms with Gasteiger partial charge >= 0.3 is 0 Å². The molecule has 0 amide bonds. The summed E-state index contributed by atoms with van der Waals surface area (Å²) >= 11 is 3.02. The van der Waals surface area contributed by atoms with Crippen molar-refractivity contribution in [2.75, 3.05) is 0 Å². The summed E-state index contributed by atoms with van der Waals surface area (Å²) in [6, 6.07) is 22.4. The number of hydrogen-bond acceptors (Lipinski definition) is 5. The van der Waals surface area contributed by atoms with E-state index in [1.54, 1.807) is 22.5 Å². The first kappa shape index (κ1) is 19.0. The van der Waals surface area contributed by atoms with Crippen LogP contribution in [0.3, 0.4) is 0 Å². The minimum atomic E-state index is -0.000799. The molecule has 0 aliphatic carbocycles. The molecule has 0 unspecified atom stereocenters. The van der Waals surface area contributed by atoms with E-state index in [1.807, 2.05) is 30.3 Å². The molecule has 3 aromatic heterocycles. The average molecular weight is 430 g/mol. The number of fused-ring (bicyclic) bond motifs is 3. The van der Waals surface area contributed by atoms with Crippen molar-refractivity contribution in [3.8, 4) is 0 Å². The summed E-state index contributed by atoms with van der Waals surface area (Å²) in [5.74, 6) is 0.757. The number of thiophene rings is 1. The molecule has 4 nitrogen and oxygen atoms in total. The van der Waals surface area contributed by atoms with Gasteiger partial charge in [-0.1, -0.05) is 71.9 Å². The maximum absolute atomic E-state index is 13.5. The molecule has 5 rings (SSSR count). The topological polar surface area (TPSA) is 47.8 Å². The molecule has 30 heavy (non-hydrogen) atoms. The second-order valence-corrected chi connectivity index (χ2v) is 9.12. The molecule has 0 spiro atoms. The second-order valence-electron chi connectivity index (χ2n) is 7.18. The first-order valence-corrected chi connectivity index (χ1v) is 11.5. The Balaban J connectivity index is 1.64. The minimum Gasteiger partial charge on any atom is -0.282 e. The highest BCUT2D eigenvalue weighted by Gasteiger charge is 2.17. The standard InChI is InChI=1S/C24H19N3OS2/c1-16-9-11-17(12-10-16)14-27-23(28)21-20(19-8-5-13-25-22(19)30-21)26-24(27)29-15-18-6-3-2-4-7-18/h2-13H,14-15H2,1H3. The fourth-order valence-electron chi connectivity index (χ4n) is 3.39. The van der Waals surface area contributed by atoms with Gasteiger partial charge in [0.05, 0.1) is 12.1 Å². The lowest BCUT2D eigenvalue weighted by Gasteiger charge is -2.12. The molecular formula is C24H19N3OS2. The summed E-state index contributed by atoms with van der Waals surface area (Å²) in [4.78, 5) is 23.7. The third-order valence-electron chi connectivity index (χ3n) is 4.99. The van der Waals surface area contributed by atoms with Crippen LogP contribution in [0.25, 0.3) is 20.4 Å². The van der Waals surface area contributed by atoms with Crippen molar-refractivity contribution in [2.45, 2.75) is 24.4 Å². The van der Waals surface area contributed by atoms with Crippen molar-refractivity contribution >= 4 is 43.5 Å². The predicted octanol–water partition coefficient (Wildman–Crippen LogP) is 5.66. The first-order chi connectivity index (χ1) is 14.7. The number of aromatic nitrogens is 3. The zero-order valence-electron chi connectivity index (χ0n) is 16.4. The van der Waals surface area contributed by atoms with E-state index in [4.69, 9.17) is 4.98 Å². The number of hydrogen-bond donors (Lipinski definition) is 0. The van der Waals surface area contributed by atoms with Crippen molar-refractivity contribution in [3.63, 3.8) is 0 Å². The van der Waals surface area contributed by atoms with Gasteiger partial charge in [-0.25, -0.2) is 9.97 Å². The number of pyridine rings is 1. The smallest absolute Gasteiger partial charge is 0.272 e. The number of nitrogens with zero attached hydrogens (tertiary/aromatic N) is 3. The summed E-state index contributed by atoms with van der Waals surface area (Å²) in [5.41, 5.74) is 4.25. The zero-order chi connectivity index (χ0) is 20.5. The Bertz CT molecular complexity index is 1390. The lowest BCUT2D eigenvalue weighted by atomic mass is 10.1. The Labute approximate surface area is 182 Å². The summed E-state index contributed by atoms with van der Waals surface area (Å²) in [7, 11) is 0. The molecule has 0 aliphatic rings. The fourth-order valence-corrected chi connectivity index (χ4v) is 5.37. The SMILES string of the molecule is Cc1ccc(Cn2c(SCc3ccccc3)nc3c(sc4ncccc43)c2=O)cc1. The monoisotopic (exact) mass is 429 g/mol. The van der Waals surface area contributed by atoms with Crippen LogP contribution in [0, 0.1) is 6.92 Å². The largest absolute Gasteiger partial charge is 0.282 e. The Kier molecular flexibility index (Phi) is 5.11. The van der Waals surface area contributed by atoms with Crippen molar-refractivity contribution in [1.82, 2.24) is 14.5 Å². The van der Waals surface area contributed by atoms with E-state index in [0.29, 0.717) is 11.2 Å². The molecule has 0 bridgehead atoms. The van der Waals surface area contributed by atoms with Gasteiger partial charge in [-0.15, -0.1) is 11.3 Å². The minimum absolute atomic E-state index is 0.000799. The molecule has 5 aromatic rings. The predicted molar refractivity (Wildman–Crippen MR) is 125 cm³/mol. The van der Waals surface area contributed by atoms with E-state index in [0.717, 1.165) is 32.2 Å². The normalized spacial score (nSPS) is 11.4. The van der Waals surface area contributed by atoms with Crippen LogP contribution in [0.2, 0.25) is 0 Å². The molecular weight excluding hydrogens is 410 g/mol. The molecule has 0 atom stereocenters. The van der Waals surface area contributed by atoms with E-state index < -0.39 is 0 Å². The molecule has 2 aromatic carbocycles. The van der Waals surface area contributed by atoms with Gasteiger partial charge in [0.1, 0.15) is 9.53 Å². The van der Waals surface area contributed by atoms with E-state index >= 15 is 0 Å². The summed E-state index contributed by atoms with van der Waals surface area (Å²) < 4.78 is 2.47. The third kappa shape index (κ3) is 3.64. The van der Waals surface area contributed by atoms with Crippen LogP contribution in [0.4, 0.5) is 0 Å².